The van der Waals surface area contributed by atoms with E-state index in [9.17, 15) is 9.18 Å². The Labute approximate surface area is 111 Å². The average Bonchev–Trinajstić information content (AvgIpc) is 2.41. The minimum atomic E-state index is -0.350. The fraction of sp³-hybridized carbons (Fsp3) is 0.0625. The lowest BCUT2D eigenvalue weighted by atomic mass is 10.1. The van der Waals surface area contributed by atoms with Crippen molar-refractivity contribution in [3.8, 4) is 0 Å². The first-order chi connectivity index (χ1) is 9.15. The van der Waals surface area contributed by atoms with Crippen molar-refractivity contribution in [1.82, 2.24) is 0 Å². The Hall–Kier alpha value is -2.42. The van der Waals surface area contributed by atoms with Crippen LogP contribution in [0.5, 0.6) is 0 Å². The van der Waals surface area contributed by atoms with Crippen LogP contribution < -0.4 is 5.73 Å². The molecule has 3 heteroatoms. The van der Waals surface area contributed by atoms with Crippen LogP contribution in [0.15, 0.2) is 54.6 Å². The molecule has 0 atom stereocenters. The highest BCUT2D eigenvalue weighted by Crippen LogP contribution is 2.10. The third-order valence-corrected chi connectivity index (χ3v) is 2.72. The molecule has 2 aromatic carbocycles. The molecule has 0 saturated heterocycles. The number of rotatable bonds is 4. The highest BCUT2D eigenvalue weighted by atomic mass is 19.1. The van der Waals surface area contributed by atoms with Crippen LogP contribution in [0.2, 0.25) is 0 Å². The zero-order chi connectivity index (χ0) is 13.7. The van der Waals surface area contributed by atoms with Crippen LogP contribution in [0.4, 0.5) is 10.1 Å². The van der Waals surface area contributed by atoms with E-state index >= 15 is 0 Å². The first kappa shape index (κ1) is 13.0. The molecule has 2 rings (SSSR count). The Morgan fingerprint density at radius 2 is 1.79 bits per heavy atom. The molecule has 0 aliphatic carbocycles. The van der Waals surface area contributed by atoms with E-state index in [1.165, 1.54) is 12.1 Å². The first-order valence-electron chi connectivity index (χ1n) is 5.95. The first-order valence-corrected chi connectivity index (χ1v) is 5.95. The van der Waals surface area contributed by atoms with Crippen molar-refractivity contribution < 1.29 is 9.18 Å². The molecule has 0 aliphatic heterocycles. The molecular formula is C16H14FNO. The van der Waals surface area contributed by atoms with Gasteiger partial charge in [0.15, 0.2) is 5.78 Å². The molecule has 0 aliphatic rings. The fourth-order valence-electron chi connectivity index (χ4n) is 1.68. The maximum Gasteiger partial charge on any atom is 0.160 e. The maximum atomic E-state index is 13.4. The van der Waals surface area contributed by atoms with E-state index in [4.69, 9.17) is 5.73 Å². The van der Waals surface area contributed by atoms with Crippen LogP contribution in [-0.2, 0) is 11.2 Å². The molecule has 0 heterocycles. The molecule has 0 amide bonds. The van der Waals surface area contributed by atoms with Gasteiger partial charge in [0.25, 0.3) is 0 Å². The second kappa shape index (κ2) is 5.96. The summed E-state index contributed by atoms with van der Waals surface area (Å²) in [4.78, 5) is 11.7. The van der Waals surface area contributed by atoms with Gasteiger partial charge >= 0.3 is 0 Å². The van der Waals surface area contributed by atoms with E-state index in [2.05, 4.69) is 0 Å². The summed E-state index contributed by atoms with van der Waals surface area (Å²) in [6.45, 7) is 0. The number of anilines is 1. The number of nitrogens with two attached hydrogens (primary N) is 1. The van der Waals surface area contributed by atoms with Crippen molar-refractivity contribution >= 4 is 17.5 Å². The number of ketones is 1. The third-order valence-electron chi connectivity index (χ3n) is 2.72. The van der Waals surface area contributed by atoms with E-state index in [1.54, 1.807) is 36.4 Å². The Bertz CT molecular complexity index is 602. The van der Waals surface area contributed by atoms with Gasteiger partial charge in [0.1, 0.15) is 5.82 Å². The van der Waals surface area contributed by atoms with Crippen LogP contribution in [0.1, 0.15) is 11.1 Å². The number of nitrogen functional groups attached to an aromatic ring is 1. The largest absolute Gasteiger partial charge is 0.399 e. The van der Waals surface area contributed by atoms with Crippen LogP contribution >= 0.6 is 0 Å². The van der Waals surface area contributed by atoms with E-state index < -0.39 is 0 Å². The van der Waals surface area contributed by atoms with Crippen molar-refractivity contribution in [3.05, 3.63) is 71.6 Å². The average molecular weight is 255 g/mol. The van der Waals surface area contributed by atoms with Gasteiger partial charge < -0.3 is 5.73 Å². The fourth-order valence-corrected chi connectivity index (χ4v) is 1.68. The van der Waals surface area contributed by atoms with Gasteiger partial charge in [0, 0.05) is 12.1 Å². The van der Waals surface area contributed by atoms with Gasteiger partial charge in [0.05, 0.1) is 0 Å². The van der Waals surface area contributed by atoms with Crippen LogP contribution in [0, 0.1) is 5.82 Å². The lowest BCUT2D eigenvalue weighted by molar-refractivity contribution is -0.114. The number of carbonyl (C=O) groups excluding carboxylic acids is 1. The lowest BCUT2D eigenvalue weighted by Crippen LogP contribution is -2.00. The summed E-state index contributed by atoms with van der Waals surface area (Å²) in [5.41, 5.74) is 7.54. The van der Waals surface area contributed by atoms with Gasteiger partial charge in [-0.15, -0.1) is 0 Å². The monoisotopic (exact) mass is 255 g/mol. The van der Waals surface area contributed by atoms with Crippen molar-refractivity contribution in [2.45, 2.75) is 6.42 Å². The standard InChI is InChI=1S/C16H14FNO/c17-16-4-2-1-3-13(16)11-15(19)10-7-12-5-8-14(18)9-6-12/h1-10H,11,18H2/b10-7+. The quantitative estimate of drug-likeness (QED) is 0.673. The summed E-state index contributed by atoms with van der Waals surface area (Å²) in [6, 6.07) is 13.5. The van der Waals surface area contributed by atoms with Crippen LogP contribution in [0.3, 0.4) is 0 Å². The van der Waals surface area contributed by atoms with Crippen molar-refractivity contribution in [2.24, 2.45) is 0 Å². The van der Waals surface area contributed by atoms with Crippen molar-refractivity contribution in [2.75, 3.05) is 5.73 Å². The van der Waals surface area contributed by atoms with E-state index in [0.717, 1.165) is 5.56 Å². The minimum absolute atomic E-state index is 0.0676. The highest BCUT2D eigenvalue weighted by molar-refractivity contribution is 5.95. The topological polar surface area (TPSA) is 43.1 Å². The number of hydrogen-bond acceptors (Lipinski definition) is 2. The van der Waals surface area contributed by atoms with Crippen molar-refractivity contribution in [3.63, 3.8) is 0 Å². The van der Waals surface area contributed by atoms with Gasteiger partial charge in [-0.2, -0.15) is 0 Å². The smallest absolute Gasteiger partial charge is 0.160 e. The van der Waals surface area contributed by atoms with Crippen LogP contribution in [-0.4, -0.2) is 5.78 Å². The second-order valence-corrected chi connectivity index (χ2v) is 4.23. The Balaban J connectivity index is 2.02. The molecule has 0 unspecified atom stereocenters. The molecule has 0 saturated carbocycles. The second-order valence-electron chi connectivity index (χ2n) is 4.23. The minimum Gasteiger partial charge on any atom is -0.399 e. The van der Waals surface area contributed by atoms with Crippen LogP contribution in [0.25, 0.3) is 6.08 Å². The molecule has 0 bridgehead atoms. The zero-order valence-electron chi connectivity index (χ0n) is 10.3. The Kier molecular flexibility index (Phi) is 4.08. The van der Waals surface area contributed by atoms with Gasteiger partial charge in [-0.1, -0.05) is 36.4 Å². The SMILES string of the molecule is Nc1ccc(/C=C/C(=O)Cc2ccccc2F)cc1. The Morgan fingerprint density at radius 3 is 2.47 bits per heavy atom. The summed E-state index contributed by atoms with van der Waals surface area (Å²) in [5.74, 6) is -0.487. The number of hydrogen-bond donors (Lipinski definition) is 1. The van der Waals surface area contributed by atoms with Crippen molar-refractivity contribution in [1.29, 1.82) is 0 Å². The molecular weight excluding hydrogens is 241 g/mol. The molecule has 0 aromatic heterocycles. The summed E-state index contributed by atoms with van der Waals surface area (Å²) in [6.07, 6.45) is 3.22. The van der Waals surface area contributed by atoms with Gasteiger partial charge in [0.2, 0.25) is 0 Å². The summed E-state index contributed by atoms with van der Waals surface area (Å²) in [5, 5.41) is 0. The molecule has 2 nitrogen and oxygen atoms in total. The molecule has 2 aromatic rings. The van der Waals surface area contributed by atoms with Gasteiger partial charge in [-0.05, 0) is 35.4 Å². The predicted octanol–water partition coefficient (Wildman–Crippen LogP) is 3.23. The number of benzene rings is 2. The normalized spacial score (nSPS) is 10.8. The summed E-state index contributed by atoms with van der Waals surface area (Å²) in [7, 11) is 0. The van der Waals surface area contributed by atoms with Gasteiger partial charge in [-0.3, -0.25) is 4.79 Å². The Morgan fingerprint density at radius 1 is 1.11 bits per heavy atom. The van der Waals surface area contributed by atoms with E-state index in [-0.39, 0.29) is 18.0 Å². The number of allylic oxidation sites excluding steroid dienone is 1. The van der Waals surface area contributed by atoms with E-state index in [1.807, 2.05) is 12.1 Å². The van der Waals surface area contributed by atoms with Gasteiger partial charge in [-0.25, -0.2) is 4.39 Å². The molecule has 96 valence electrons. The lowest BCUT2D eigenvalue weighted by Gasteiger charge is -1.99. The number of carbonyl (C=O) groups is 1. The zero-order valence-corrected chi connectivity index (χ0v) is 10.3. The molecule has 0 spiro atoms. The molecule has 19 heavy (non-hydrogen) atoms. The predicted molar refractivity (Wildman–Crippen MR) is 75.0 cm³/mol. The van der Waals surface area contributed by atoms with E-state index in [0.29, 0.717) is 11.3 Å². The highest BCUT2D eigenvalue weighted by Gasteiger charge is 2.04. The third kappa shape index (κ3) is 3.78. The summed E-state index contributed by atoms with van der Waals surface area (Å²) < 4.78 is 13.4. The number of halogens is 1. The maximum absolute atomic E-state index is 13.4. The molecule has 0 fully saturated rings. The molecule has 0 radical (unpaired) electrons. The molecule has 2 N–H and O–H groups in total. The summed E-state index contributed by atoms with van der Waals surface area (Å²) >= 11 is 0.